The maximum absolute atomic E-state index is 10.1. The number of rotatable bonds is 8. The minimum absolute atomic E-state index is 0.867. The summed E-state index contributed by atoms with van der Waals surface area (Å²) < 4.78 is 18.0. The summed E-state index contributed by atoms with van der Waals surface area (Å²) in [4.78, 5) is 8.24. The van der Waals surface area contributed by atoms with Gasteiger partial charge in [-0.25, -0.2) is 4.57 Å². The molecule has 0 atom stereocenters. The van der Waals surface area contributed by atoms with Crippen molar-refractivity contribution in [2.24, 2.45) is 5.73 Å². The zero-order valence-corrected chi connectivity index (χ0v) is 11.5. The lowest BCUT2D eigenvalue weighted by Gasteiger charge is -2.01. The molecule has 0 spiro atoms. The van der Waals surface area contributed by atoms with Gasteiger partial charge in [0.2, 0.25) is 0 Å². The lowest BCUT2D eigenvalue weighted by atomic mass is 10.1. The second-order valence-electron chi connectivity index (χ2n) is 3.39. The Hall–Kier alpha value is 0.0700. The van der Waals surface area contributed by atoms with E-state index in [1.54, 1.807) is 0 Å². The van der Waals surface area contributed by atoms with Gasteiger partial charge in [-0.05, 0) is 13.0 Å². The molecule has 0 saturated carbocycles. The Bertz CT molecular complexity index is 164. The van der Waals surface area contributed by atoms with Gasteiger partial charge in [-0.15, -0.1) is 0 Å². The van der Waals surface area contributed by atoms with Gasteiger partial charge >= 0.3 is 7.82 Å². The van der Waals surface area contributed by atoms with E-state index in [0.717, 1.165) is 20.8 Å². The fraction of sp³-hybridized carbons (Fsp3) is 1.00. The van der Waals surface area contributed by atoms with E-state index in [9.17, 15) is 4.57 Å². The van der Waals surface area contributed by atoms with Gasteiger partial charge in [-0.3, -0.25) is 9.05 Å². The fourth-order valence-corrected chi connectivity index (χ4v) is 1.15. The Labute approximate surface area is 98.9 Å². The fourth-order valence-electron chi connectivity index (χ4n) is 0.999. The summed E-state index contributed by atoms with van der Waals surface area (Å²) in [5.74, 6) is 0. The maximum atomic E-state index is 10.1. The Kier molecular flexibility index (Phi) is 15.1. The van der Waals surface area contributed by atoms with Crippen molar-refractivity contribution in [3.05, 3.63) is 0 Å². The number of unbranched alkanes of at least 4 members (excludes halogenated alkanes) is 5. The van der Waals surface area contributed by atoms with Gasteiger partial charge in [-0.1, -0.05) is 39.0 Å². The van der Waals surface area contributed by atoms with Crippen molar-refractivity contribution >= 4 is 7.82 Å². The van der Waals surface area contributed by atoms with E-state index in [4.69, 9.17) is 10.6 Å². The molecular formula is C10H26NO4P. The molecule has 0 aromatic carbocycles. The molecule has 100 valence electrons. The zero-order chi connectivity index (χ0) is 12.9. The van der Waals surface area contributed by atoms with Crippen molar-refractivity contribution < 1.29 is 18.5 Å². The summed E-state index contributed by atoms with van der Waals surface area (Å²) in [6, 6.07) is 0. The number of nitrogens with two attached hydrogens (primary N) is 1. The lowest BCUT2D eigenvalue weighted by Crippen LogP contribution is -1.97. The molecule has 3 N–H and O–H groups in total. The molecule has 0 heterocycles. The molecule has 6 heteroatoms. The van der Waals surface area contributed by atoms with E-state index >= 15 is 0 Å². The van der Waals surface area contributed by atoms with Gasteiger partial charge in [0.1, 0.15) is 0 Å². The number of hydrogen-bond acceptors (Lipinski definition) is 4. The number of phosphoric ester groups is 1. The molecule has 0 aliphatic rings. The molecule has 0 saturated heterocycles. The Balaban J connectivity index is 0. The molecule has 5 nitrogen and oxygen atoms in total. The summed E-state index contributed by atoms with van der Waals surface area (Å²) in [6.07, 6.45) is 8.05. The highest BCUT2D eigenvalue weighted by Crippen LogP contribution is 2.40. The van der Waals surface area contributed by atoms with E-state index in [2.05, 4.69) is 16.0 Å². The molecular weight excluding hydrogens is 229 g/mol. The van der Waals surface area contributed by atoms with Crippen LogP contribution in [0.3, 0.4) is 0 Å². The Morgan fingerprint density at radius 3 is 1.81 bits per heavy atom. The molecule has 0 radical (unpaired) electrons. The van der Waals surface area contributed by atoms with Gasteiger partial charge in [-0.2, -0.15) is 0 Å². The highest BCUT2D eigenvalue weighted by molar-refractivity contribution is 7.47. The first-order valence-corrected chi connectivity index (χ1v) is 7.18. The average molecular weight is 255 g/mol. The van der Waals surface area contributed by atoms with Crippen LogP contribution in [0.15, 0.2) is 0 Å². The second kappa shape index (κ2) is 13.1. The van der Waals surface area contributed by atoms with Gasteiger partial charge in [0.05, 0.1) is 0 Å². The molecule has 0 aliphatic carbocycles. The smallest absolute Gasteiger partial charge is 0.330 e. The van der Waals surface area contributed by atoms with Crippen molar-refractivity contribution in [2.75, 3.05) is 20.8 Å². The largest absolute Gasteiger partial charge is 0.471 e. The number of phosphoric acid groups is 1. The van der Waals surface area contributed by atoms with Crippen molar-refractivity contribution in [3.8, 4) is 0 Å². The predicted molar refractivity (Wildman–Crippen MR) is 66.3 cm³/mol. The average Bonchev–Trinajstić information content (AvgIpc) is 2.30. The van der Waals surface area contributed by atoms with Gasteiger partial charge in [0.15, 0.2) is 0 Å². The van der Waals surface area contributed by atoms with Gasteiger partial charge < -0.3 is 10.6 Å². The van der Waals surface area contributed by atoms with E-state index < -0.39 is 7.82 Å². The molecule has 0 aromatic rings. The van der Waals surface area contributed by atoms with E-state index in [0.29, 0.717) is 0 Å². The van der Waals surface area contributed by atoms with E-state index in [-0.39, 0.29) is 0 Å². The van der Waals surface area contributed by atoms with Gasteiger partial charge in [0, 0.05) is 14.2 Å². The van der Waals surface area contributed by atoms with Crippen LogP contribution >= 0.6 is 7.82 Å². The summed E-state index contributed by atoms with van der Waals surface area (Å²) in [5.41, 5.74) is 5.34. The summed E-state index contributed by atoms with van der Waals surface area (Å²) in [6.45, 7) is 3.11. The molecule has 16 heavy (non-hydrogen) atoms. The SMILES string of the molecule is CCCCCCCCN.COP(=O)(O)OC. The summed E-state index contributed by atoms with van der Waals surface area (Å²) in [7, 11) is -1.45. The van der Waals surface area contributed by atoms with Crippen LogP contribution in [0.4, 0.5) is 0 Å². The van der Waals surface area contributed by atoms with Crippen LogP contribution in [0.2, 0.25) is 0 Å². The Morgan fingerprint density at radius 1 is 1.06 bits per heavy atom. The van der Waals surface area contributed by atoms with Crippen LogP contribution < -0.4 is 5.73 Å². The van der Waals surface area contributed by atoms with Crippen molar-refractivity contribution in [3.63, 3.8) is 0 Å². The molecule has 0 aliphatic heterocycles. The molecule has 0 fully saturated rings. The Morgan fingerprint density at radius 2 is 1.50 bits per heavy atom. The van der Waals surface area contributed by atoms with Crippen molar-refractivity contribution in [1.29, 1.82) is 0 Å². The van der Waals surface area contributed by atoms with Crippen LogP contribution in [0.1, 0.15) is 45.4 Å². The molecule has 0 rings (SSSR count). The summed E-state index contributed by atoms with van der Waals surface area (Å²) in [5, 5.41) is 0. The third-order valence-corrected chi connectivity index (χ3v) is 2.94. The standard InChI is InChI=1S/C8H19N.C2H7O4P/c1-2-3-4-5-6-7-8-9;1-5-7(3,4)6-2/h2-9H2,1H3;1-2H3,(H,3,4). The third-order valence-electron chi connectivity index (χ3n) is 2.02. The first-order valence-electron chi connectivity index (χ1n) is 5.68. The number of hydrogen-bond donors (Lipinski definition) is 2. The van der Waals surface area contributed by atoms with E-state index in [1.165, 1.54) is 38.5 Å². The summed E-state index contributed by atoms with van der Waals surface area (Å²) >= 11 is 0. The highest BCUT2D eigenvalue weighted by Gasteiger charge is 2.13. The van der Waals surface area contributed by atoms with Crippen LogP contribution in [-0.4, -0.2) is 25.7 Å². The monoisotopic (exact) mass is 255 g/mol. The molecule has 0 bridgehead atoms. The highest BCUT2D eigenvalue weighted by atomic mass is 31.2. The lowest BCUT2D eigenvalue weighted by molar-refractivity contribution is 0.204. The predicted octanol–water partition coefficient (Wildman–Crippen LogP) is 2.69. The minimum Gasteiger partial charge on any atom is -0.330 e. The van der Waals surface area contributed by atoms with Gasteiger partial charge in [0.25, 0.3) is 0 Å². The van der Waals surface area contributed by atoms with E-state index in [1.807, 2.05) is 0 Å². The topological polar surface area (TPSA) is 81.8 Å². The third kappa shape index (κ3) is 16.5. The first-order chi connectivity index (χ1) is 7.54. The van der Waals surface area contributed by atoms with Crippen LogP contribution in [0, 0.1) is 0 Å². The zero-order valence-electron chi connectivity index (χ0n) is 10.6. The first kappa shape index (κ1) is 18.4. The quantitative estimate of drug-likeness (QED) is 0.514. The van der Waals surface area contributed by atoms with Crippen molar-refractivity contribution in [2.45, 2.75) is 45.4 Å². The second-order valence-corrected chi connectivity index (χ2v) is 5.06. The maximum Gasteiger partial charge on any atom is 0.471 e. The van der Waals surface area contributed by atoms with Crippen LogP contribution in [-0.2, 0) is 13.6 Å². The van der Waals surface area contributed by atoms with Crippen LogP contribution in [0.5, 0.6) is 0 Å². The normalized spacial score (nSPS) is 10.8. The molecule has 0 unspecified atom stereocenters. The minimum atomic E-state index is -3.65. The molecule has 0 aromatic heterocycles. The van der Waals surface area contributed by atoms with Crippen molar-refractivity contribution in [1.82, 2.24) is 0 Å². The van der Waals surface area contributed by atoms with Crippen LogP contribution in [0.25, 0.3) is 0 Å². The molecule has 0 amide bonds.